The molecule has 104 valence electrons. The van der Waals surface area contributed by atoms with E-state index < -0.39 is 35.5 Å². The minimum atomic E-state index is -0.732. The monoisotopic (exact) mass is 248 g/mol. The molecule has 0 aliphatic rings. The van der Waals surface area contributed by atoms with Crippen LogP contribution < -0.4 is 11.5 Å². The average molecular weight is 248 g/mol. The van der Waals surface area contributed by atoms with E-state index in [1.165, 1.54) is 0 Å². The predicted octanol–water partition coefficient (Wildman–Crippen LogP) is -0.0236. The molecular weight excluding hydrogens is 220 g/mol. The summed E-state index contributed by atoms with van der Waals surface area (Å²) in [5.41, 5.74) is 10.3. The summed E-state index contributed by atoms with van der Waals surface area (Å²) in [7, 11) is 0. The summed E-state index contributed by atoms with van der Waals surface area (Å²) in [5.74, 6) is 0. The Bertz CT molecular complexity index is 216. The van der Waals surface area contributed by atoms with Gasteiger partial charge in [-0.1, -0.05) is 0 Å². The van der Waals surface area contributed by atoms with Crippen LogP contribution in [-0.4, -0.2) is 45.7 Å². The lowest BCUT2D eigenvalue weighted by Gasteiger charge is -2.43. The van der Waals surface area contributed by atoms with Crippen LogP contribution in [0.2, 0.25) is 0 Å². The van der Waals surface area contributed by atoms with Gasteiger partial charge in [0.15, 0.2) is 0 Å². The molecule has 0 rings (SSSR count). The fraction of sp³-hybridized carbons (Fsp3) is 1.00. The minimum Gasteiger partial charge on any atom is -0.392 e. The van der Waals surface area contributed by atoms with Crippen LogP contribution in [0.3, 0.4) is 0 Å². The lowest BCUT2D eigenvalue weighted by Crippen LogP contribution is -2.60. The van der Waals surface area contributed by atoms with Gasteiger partial charge in [-0.3, -0.25) is 0 Å². The third kappa shape index (κ3) is 4.52. The molecule has 5 heteroatoms. The van der Waals surface area contributed by atoms with Gasteiger partial charge in [-0.05, 0) is 41.5 Å². The molecule has 0 aliphatic carbocycles. The molecular formula is C12H28N2O3. The van der Waals surface area contributed by atoms with Crippen LogP contribution in [0.4, 0.5) is 0 Å². The predicted molar refractivity (Wildman–Crippen MR) is 68.6 cm³/mol. The maximum absolute atomic E-state index is 9.52. The second-order valence-electron chi connectivity index (χ2n) is 5.84. The number of aliphatic hydroxyl groups is 2. The van der Waals surface area contributed by atoms with Crippen molar-refractivity contribution >= 4 is 0 Å². The normalized spacial score (nSPS) is 20.8. The van der Waals surface area contributed by atoms with E-state index in [1.807, 2.05) is 0 Å². The molecule has 0 fully saturated rings. The van der Waals surface area contributed by atoms with E-state index in [4.69, 9.17) is 16.2 Å². The van der Waals surface area contributed by atoms with Gasteiger partial charge >= 0.3 is 0 Å². The summed E-state index contributed by atoms with van der Waals surface area (Å²) >= 11 is 0. The largest absolute Gasteiger partial charge is 0.392 e. The van der Waals surface area contributed by atoms with Crippen molar-refractivity contribution in [3.8, 4) is 0 Å². The Hall–Kier alpha value is -0.200. The molecule has 0 heterocycles. The molecule has 6 N–H and O–H groups in total. The van der Waals surface area contributed by atoms with Crippen molar-refractivity contribution in [2.75, 3.05) is 0 Å². The van der Waals surface area contributed by atoms with Gasteiger partial charge in [0.25, 0.3) is 0 Å². The van der Waals surface area contributed by atoms with E-state index in [0.29, 0.717) is 0 Å². The number of hydrogen-bond acceptors (Lipinski definition) is 5. The molecule has 0 aromatic carbocycles. The number of aliphatic hydroxyl groups excluding tert-OH is 2. The van der Waals surface area contributed by atoms with Gasteiger partial charge < -0.3 is 26.4 Å². The van der Waals surface area contributed by atoms with Gasteiger partial charge in [-0.15, -0.1) is 0 Å². The van der Waals surface area contributed by atoms with Crippen LogP contribution in [0, 0.1) is 0 Å². The van der Waals surface area contributed by atoms with Crippen LogP contribution in [0.1, 0.15) is 41.5 Å². The molecule has 17 heavy (non-hydrogen) atoms. The molecule has 0 aromatic heterocycles. The maximum Gasteiger partial charge on any atom is 0.0809 e. The Kier molecular flexibility index (Phi) is 5.56. The smallest absolute Gasteiger partial charge is 0.0809 e. The van der Waals surface area contributed by atoms with Crippen molar-refractivity contribution in [3.63, 3.8) is 0 Å². The molecule has 0 amide bonds. The quantitative estimate of drug-likeness (QED) is 0.529. The third-order valence-corrected chi connectivity index (χ3v) is 3.17. The second kappa shape index (κ2) is 5.63. The molecule has 4 unspecified atom stereocenters. The maximum atomic E-state index is 9.52. The Morgan fingerprint density at radius 3 is 1.24 bits per heavy atom. The van der Waals surface area contributed by atoms with Gasteiger partial charge in [-0.2, -0.15) is 0 Å². The van der Waals surface area contributed by atoms with Gasteiger partial charge in [0.2, 0.25) is 0 Å². The van der Waals surface area contributed by atoms with Crippen LogP contribution in [0.25, 0.3) is 0 Å². The van der Waals surface area contributed by atoms with Gasteiger partial charge in [0, 0.05) is 0 Å². The number of hydrogen-bond donors (Lipinski definition) is 4. The van der Waals surface area contributed by atoms with Gasteiger partial charge in [-0.25, -0.2) is 0 Å². The molecule has 4 atom stereocenters. The van der Waals surface area contributed by atoms with Crippen LogP contribution in [-0.2, 0) is 4.74 Å². The average Bonchev–Trinajstić information content (AvgIpc) is 2.13. The van der Waals surface area contributed by atoms with E-state index in [1.54, 1.807) is 41.5 Å². The van der Waals surface area contributed by atoms with E-state index in [-0.39, 0.29) is 0 Å². The summed E-state index contributed by atoms with van der Waals surface area (Å²) in [4.78, 5) is 0. The van der Waals surface area contributed by atoms with E-state index in [0.717, 1.165) is 0 Å². The number of ether oxygens (including phenoxy) is 1. The molecule has 0 saturated carbocycles. The lowest BCUT2D eigenvalue weighted by molar-refractivity contribution is -0.164. The first-order chi connectivity index (χ1) is 7.42. The summed E-state index contributed by atoms with van der Waals surface area (Å²) in [6.45, 7) is 10.5. The van der Waals surface area contributed by atoms with Crippen molar-refractivity contribution in [2.24, 2.45) is 11.5 Å². The first-order valence-corrected chi connectivity index (χ1v) is 5.99. The van der Waals surface area contributed by atoms with Crippen LogP contribution in [0.15, 0.2) is 0 Å². The molecule has 0 radical (unpaired) electrons. The summed E-state index contributed by atoms with van der Waals surface area (Å²) in [6.07, 6.45) is -1.35. The first kappa shape index (κ1) is 16.8. The zero-order chi connectivity index (χ0) is 14.0. The topological polar surface area (TPSA) is 102 Å². The van der Waals surface area contributed by atoms with E-state index in [9.17, 15) is 10.2 Å². The van der Waals surface area contributed by atoms with Gasteiger partial charge in [0.1, 0.15) is 0 Å². The van der Waals surface area contributed by atoms with Crippen LogP contribution >= 0.6 is 0 Å². The Balaban J connectivity index is 4.81. The van der Waals surface area contributed by atoms with Crippen molar-refractivity contribution in [1.29, 1.82) is 0 Å². The molecule has 0 spiro atoms. The standard InChI is InChI=1S/C12H28N2O3/c1-7(15)9(13)11(3,4)17-12(5,6)10(14)8(2)16/h7-10,15-16H,13-14H2,1-6H3. The Morgan fingerprint density at radius 1 is 0.824 bits per heavy atom. The summed E-state index contributed by atoms with van der Waals surface area (Å²) in [6, 6.07) is -1.05. The number of nitrogens with two attached hydrogens (primary N) is 2. The SMILES string of the molecule is CC(O)C(N)C(C)(C)OC(C)(C)C(N)C(C)O. The fourth-order valence-corrected chi connectivity index (χ4v) is 1.98. The highest BCUT2D eigenvalue weighted by atomic mass is 16.5. The molecule has 0 bridgehead atoms. The van der Waals surface area contributed by atoms with Crippen molar-refractivity contribution in [1.82, 2.24) is 0 Å². The first-order valence-electron chi connectivity index (χ1n) is 5.99. The summed E-state index contributed by atoms with van der Waals surface area (Å²) < 4.78 is 5.90. The molecule has 0 saturated heterocycles. The highest BCUT2D eigenvalue weighted by Gasteiger charge is 2.40. The minimum absolute atomic E-state index is 0.525. The zero-order valence-electron chi connectivity index (χ0n) is 11.8. The van der Waals surface area contributed by atoms with Crippen molar-refractivity contribution in [3.05, 3.63) is 0 Å². The third-order valence-electron chi connectivity index (χ3n) is 3.17. The van der Waals surface area contributed by atoms with Crippen molar-refractivity contribution in [2.45, 2.75) is 77.0 Å². The highest BCUT2D eigenvalue weighted by Crippen LogP contribution is 2.27. The summed E-state index contributed by atoms with van der Waals surface area (Å²) in [5, 5.41) is 19.0. The molecule has 5 nitrogen and oxygen atoms in total. The molecule has 0 aliphatic heterocycles. The molecule has 0 aromatic rings. The highest BCUT2D eigenvalue weighted by molar-refractivity contribution is 4.94. The Labute approximate surface area is 104 Å². The zero-order valence-corrected chi connectivity index (χ0v) is 11.8. The van der Waals surface area contributed by atoms with Crippen LogP contribution in [0.5, 0.6) is 0 Å². The van der Waals surface area contributed by atoms with Gasteiger partial charge in [0.05, 0.1) is 35.5 Å². The lowest BCUT2D eigenvalue weighted by atomic mass is 9.90. The van der Waals surface area contributed by atoms with E-state index >= 15 is 0 Å². The number of rotatable bonds is 6. The fourth-order valence-electron chi connectivity index (χ4n) is 1.98. The second-order valence-corrected chi connectivity index (χ2v) is 5.84. The van der Waals surface area contributed by atoms with E-state index in [2.05, 4.69) is 0 Å². The Morgan fingerprint density at radius 2 is 1.06 bits per heavy atom. The van der Waals surface area contributed by atoms with Crippen molar-refractivity contribution < 1.29 is 14.9 Å².